The van der Waals surface area contributed by atoms with Gasteiger partial charge in [0.05, 0.1) is 17.9 Å². The second-order valence-corrected chi connectivity index (χ2v) is 6.78. The molecule has 21 heavy (non-hydrogen) atoms. The number of sulfone groups is 1. The molecule has 1 aromatic rings. The highest BCUT2D eigenvalue weighted by molar-refractivity contribution is 7.90. The van der Waals surface area contributed by atoms with Crippen LogP contribution in [-0.4, -0.2) is 59.3 Å². The lowest BCUT2D eigenvalue weighted by atomic mass is 10.3. The van der Waals surface area contributed by atoms with Crippen LogP contribution in [0.15, 0.2) is 29.2 Å². The molecule has 0 spiro atoms. The first-order valence-corrected chi connectivity index (χ1v) is 8.55. The van der Waals surface area contributed by atoms with Gasteiger partial charge in [-0.2, -0.15) is 0 Å². The highest BCUT2D eigenvalue weighted by Gasteiger charge is 2.09. The molecule has 118 valence electrons. The van der Waals surface area contributed by atoms with Gasteiger partial charge in [0.15, 0.2) is 9.84 Å². The monoisotopic (exact) mass is 314 g/mol. The van der Waals surface area contributed by atoms with Crippen LogP contribution in [0.2, 0.25) is 0 Å². The molecule has 1 aromatic carbocycles. The van der Waals surface area contributed by atoms with Crippen molar-refractivity contribution in [3.63, 3.8) is 0 Å². The number of nitrogens with zero attached hydrogens (tertiary/aromatic N) is 1. The van der Waals surface area contributed by atoms with Crippen LogP contribution < -0.4 is 10.1 Å². The SMILES string of the molecule is CNCCN(C)C(=O)CCOc1ccc(S(C)(=O)=O)cc1. The number of benzene rings is 1. The Hall–Kier alpha value is -1.60. The summed E-state index contributed by atoms with van der Waals surface area (Å²) in [7, 11) is 0.390. The third kappa shape index (κ3) is 6.14. The molecule has 7 heteroatoms. The van der Waals surface area contributed by atoms with Crippen molar-refractivity contribution < 1.29 is 17.9 Å². The summed E-state index contributed by atoms with van der Waals surface area (Å²) >= 11 is 0. The van der Waals surface area contributed by atoms with Crippen LogP contribution in [-0.2, 0) is 14.6 Å². The predicted octanol–water partition coefficient (Wildman–Crippen LogP) is 0.537. The Morgan fingerprint density at radius 1 is 1.29 bits per heavy atom. The van der Waals surface area contributed by atoms with E-state index < -0.39 is 9.84 Å². The van der Waals surface area contributed by atoms with Crippen molar-refractivity contribution in [2.75, 3.05) is 40.0 Å². The van der Waals surface area contributed by atoms with Gasteiger partial charge in [-0.25, -0.2) is 8.42 Å². The molecule has 1 rings (SSSR count). The fourth-order valence-corrected chi connectivity index (χ4v) is 2.26. The Labute approximate surface area is 126 Å². The van der Waals surface area contributed by atoms with Crippen molar-refractivity contribution in [1.29, 1.82) is 0 Å². The molecule has 6 nitrogen and oxygen atoms in total. The number of likely N-dealkylation sites (N-methyl/N-ethyl adjacent to an activating group) is 2. The molecular weight excluding hydrogens is 292 g/mol. The fraction of sp³-hybridized carbons (Fsp3) is 0.500. The van der Waals surface area contributed by atoms with Gasteiger partial charge in [0.1, 0.15) is 5.75 Å². The molecule has 0 unspecified atom stereocenters. The van der Waals surface area contributed by atoms with E-state index in [1.807, 2.05) is 7.05 Å². The van der Waals surface area contributed by atoms with E-state index in [1.54, 1.807) is 24.1 Å². The first-order valence-electron chi connectivity index (χ1n) is 6.66. The van der Waals surface area contributed by atoms with Gasteiger partial charge in [-0.05, 0) is 31.3 Å². The average Bonchev–Trinajstić information content (AvgIpc) is 2.44. The summed E-state index contributed by atoms with van der Waals surface area (Å²) in [6, 6.07) is 6.16. The third-order valence-corrected chi connectivity index (χ3v) is 4.09. The maximum absolute atomic E-state index is 11.8. The topological polar surface area (TPSA) is 75.7 Å². The summed E-state index contributed by atoms with van der Waals surface area (Å²) in [5.41, 5.74) is 0. The number of rotatable bonds is 8. The number of amides is 1. The molecule has 0 saturated heterocycles. The summed E-state index contributed by atoms with van der Waals surface area (Å²) in [6.07, 6.45) is 1.44. The van der Waals surface area contributed by atoms with E-state index in [0.29, 0.717) is 12.3 Å². The van der Waals surface area contributed by atoms with Gasteiger partial charge in [-0.1, -0.05) is 0 Å². The van der Waals surface area contributed by atoms with Crippen molar-refractivity contribution in [3.05, 3.63) is 24.3 Å². The van der Waals surface area contributed by atoms with E-state index in [0.717, 1.165) is 12.8 Å². The van der Waals surface area contributed by atoms with E-state index >= 15 is 0 Å². The lowest BCUT2D eigenvalue weighted by Gasteiger charge is -2.17. The minimum Gasteiger partial charge on any atom is -0.493 e. The zero-order valence-corrected chi connectivity index (χ0v) is 13.4. The molecule has 0 aromatic heterocycles. The van der Waals surface area contributed by atoms with Gasteiger partial charge in [-0.3, -0.25) is 4.79 Å². The van der Waals surface area contributed by atoms with Crippen LogP contribution in [0.1, 0.15) is 6.42 Å². The predicted molar refractivity (Wildman–Crippen MR) is 81.2 cm³/mol. The lowest BCUT2D eigenvalue weighted by molar-refractivity contribution is -0.130. The molecule has 0 fully saturated rings. The maximum atomic E-state index is 11.8. The normalized spacial score (nSPS) is 11.2. The van der Waals surface area contributed by atoms with E-state index in [2.05, 4.69) is 5.32 Å². The molecule has 0 aliphatic rings. The molecule has 1 amide bonds. The Kier molecular flexibility index (Phi) is 6.64. The summed E-state index contributed by atoms with van der Waals surface area (Å²) in [5, 5.41) is 2.98. The number of hydrogen-bond donors (Lipinski definition) is 1. The van der Waals surface area contributed by atoms with Gasteiger partial charge >= 0.3 is 0 Å². The Morgan fingerprint density at radius 3 is 2.43 bits per heavy atom. The van der Waals surface area contributed by atoms with Crippen LogP contribution in [0.25, 0.3) is 0 Å². The fourth-order valence-electron chi connectivity index (χ4n) is 1.63. The van der Waals surface area contributed by atoms with Crippen molar-refractivity contribution in [2.45, 2.75) is 11.3 Å². The summed E-state index contributed by atoms with van der Waals surface area (Å²) in [4.78, 5) is 13.7. The highest BCUT2D eigenvalue weighted by Crippen LogP contribution is 2.15. The molecule has 0 bridgehead atoms. The Balaban J connectivity index is 2.41. The van der Waals surface area contributed by atoms with Crippen LogP contribution >= 0.6 is 0 Å². The Bertz CT molecular complexity index is 555. The van der Waals surface area contributed by atoms with Crippen molar-refractivity contribution in [3.8, 4) is 5.75 Å². The minimum absolute atomic E-state index is 0.0120. The second-order valence-electron chi connectivity index (χ2n) is 4.76. The minimum atomic E-state index is -3.20. The van der Waals surface area contributed by atoms with E-state index in [1.165, 1.54) is 12.1 Å². The molecule has 0 radical (unpaired) electrons. The van der Waals surface area contributed by atoms with Crippen LogP contribution in [0, 0.1) is 0 Å². The molecular formula is C14H22N2O4S. The van der Waals surface area contributed by atoms with Crippen LogP contribution in [0.4, 0.5) is 0 Å². The highest BCUT2D eigenvalue weighted by atomic mass is 32.2. The van der Waals surface area contributed by atoms with Crippen molar-refractivity contribution >= 4 is 15.7 Å². The zero-order chi connectivity index (χ0) is 15.9. The van der Waals surface area contributed by atoms with E-state index in [4.69, 9.17) is 4.74 Å². The van der Waals surface area contributed by atoms with Gasteiger partial charge in [0.2, 0.25) is 5.91 Å². The van der Waals surface area contributed by atoms with Gasteiger partial charge in [-0.15, -0.1) is 0 Å². The molecule has 0 atom stereocenters. The zero-order valence-electron chi connectivity index (χ0n) is 12.6. The standard InChI is InChI=1S/C14H22N2O4S/c1-15-9-10-16(2)14(17)8-11-20-12-4-6-13(7-5-12)21(3,18)19/h4-7,15H,8-11H2,1-3H3. The quantitative estimate of drug-likeness (QED) is 0.758. The summed E-state index contributed by atoms with van der Waals surface area (Å²) < 4.78 is 28.1. The molecule has 0 heterocycles. The van der Waals surface area contributed by atoms with Gasteiger partial charge in [0.25, 0.3) is 0 Å². The molecule has 0 saturated carbocycles. The molecule has 1 N–H and O–H groups in total. The largest absolute Gasteiger partial charge is 0.493 e. The maximum Gasteiger partial charge on any atom is 0.225 e. The van der Waals surface area contributed by atoms with Crippen molar-refractivity contribution in [2.24, 2.45) is 0 Å². The number of nitrogens with one attached hydrogen (secondary N) is 1. The van der Waals surface area contributed by atoms with Crippen LogP contribution in [0.5, 0.6) is 5.75 Å². The van der Waals surface area contributed by atoms with Gasteiger partial charge < -0.3 is 15.0 Å². The van der Waals surface area contributed by atoms with E-state index in [9.17, 15) is 13.2 Å². The van der Waals surface area contributed by atoms with Gasteiger partial charge in [0, 0.05) is 26.4 Å². The number of carbonyl (C=O) groups excluding carboxylic acids is 1. The number of hydrogen-bond acceptors (Lipinski definition) is 5. The second kappa shape index (κ2) is 7.99. The van der Waals surface area contributed by atoms with Crippen LogP contribution in [0.3, 0.4) is 0 Å². The van der Waals surface area contributed by atoms with E-state index in [-0.39, 0.29) is 23.8 Å². The average molecular weight is 314 g/mol. The first kappa shape index (κ1) is 17.5. The van der Waals surface area contributed by atoms with Crippen molar-refractivity contribution in [1.82, 2.24) is 10.2 Å². The molecule has 0 aliphatic heterocycles. The Morgan fingerprint density at radius 2 is 1.90 bits per heavy atom. The number of ether oxygens (including phenoxy) is 1. The smallest absolute Gasteiger partial charge is 0.225 e. The summed E-state index contributed by atoms with van der Waals surface area (Å²) in [5.74, 6) is 0.561. The third-order valence-electron chi connectivity index (χ3n) is 2.96. The first-order chi connectivity index (χ1) is 9.84. The number of carbonyl (C=O) groups is 1. The summed E-state index contributed by atoms with van der Waals surface area (Å²) in [6.45, 7) is 1.66. The molecule has 0 aliphatic carbocycles. The lowest BCUT2D eigenvalue weighted by Crippen LogP contribution is -2.33.